The highest BCUT2D eigenvalue weighted by molar-refractivity contribution is 6.03. The van der Waals surface area contributed by atoms with Gasteiger partial charge in [-0.1, -0.05) is 137 Å². The van der Waals surface area contributed by atoms with Crippen LogP contribution >= 0.6 is 12.4 Å². The normalized spacial score (nSPS) is 19.5. The summed E-state index contributed by atoms with van der Waals surface area (Å²) in [6.07, 6.45) is 11.8. The number of H-pyrrole nitrogens is 2. The van der Waals surface area contributed by atoms with Crippen molar-refractivity contribution in [1.29, 1.82) is 0 Å². The quantitative estimate of drug-likeness (QED) is 0.0106. The van der Waals surface area contributed by atoms with E-state index < -0.39 is 59.9 Å². The molecule has 8 amide bonds. The summed E-state index contributed by atoms with van der Waals surface area (Å²) in [4.78, 5) is 197. The number of Topliss-reactive ketones (excluding diaryl/α,β-unsaturated/α-hetero) is 1. The minimum Gasteiger partial charge on any atom is -0.496 e. The number of halogens is 1. The van der Waals surface area contributed by atoms with Crippen LogP contribution in [0.15, 0.2) is 146 Å². The van der Waals surface area contributed by atoms with Crippen LogP contribution < -0.4 is 57.7 Å². The number of carbonyl (C=O) groups excluding carboxylic acids is 14. The van der Waals surface area contributed by atoms with Gasteiger partial charge < -0.3 is 102 Å². The molecule has 36 nitrogen and oxygen atoms in total. The number of rotatable bonds is 32. The number of amides is 8. The number of nitrogens with one attached hydrogen (secondary N) is 10. The standard InChI is InChI=1S/C30H33N3O6.C20H26N2O4.C19H25N3O4.C12H14O2.C10H9NO3.2C9H15NO3.ClH/c1-38-27-9-5-8-23-22(27)15-24(32-23)26(34)16-21(20-12-17-6-3-4-7-18(17)13-20)29(36)33-25(30(37)39-2)14-19-10-11-31-28(19)35;1-12(16-9-13-5-3-4-6-14(13)10-16)18(23)22-17(20(25)26-2)11-15-7-8-21-19(15)24;1-26-19(25)15(10-13-6-7-21-17(13)23)22-18(24)16(20)14-8-11-4-2-3-5-12(11)9-14;1-8(12(13)14)11-6-9-4-2-3-5-10(9)7-11;1-14-9-4-2-3-7-6(9)5-8(11-7)10(12)13;2*1-6(9(12)13-2)5-7-3-4-10-8(7)11;/h3-9,15,19-21,25,32H,10-14,16H2,1-2H3,(H,31,35)(H,33,36);3-6,12,15-17H,7-11H2,1-2H3,(H,21,24)(H,22,23);2-5,13-16H,6-10,20H2,1H3,(H,21,23)(H,22,24);2-5,8,11H,6-7H2,1H3,(H,13,14);2-5,11H,1H3,(H,12,13);2*6-7H,3-5H2,1-2H3,(H,10,11);1H/t19-,21-,25-;12-,15-,17-;13-,15-,16-;8-;;2*6-,7-;/m0000.00./s1. The molecule has 8 aromatic rings. The zero-order chi connectivity index (χ0) is 105. The molecular formula is C109H138ClN11O25. The molecule has 0 saturated carbocycles. The van der Waals surface area contributed by atoms with Crippen molar-refractivity contribution in [2.45, 2.75) is 174 Å². The highest BCUT2D eigenvalue weighted by Crippen LogP contribution is 2.39. The SMILES string of the molecule is COC(=O)[C@@H](C)C[C@@H]1CCNC1=O.COC(=O)[C@@H](C)C[C@@H]1CCNC1=O.COC(=O)[C@H](C[C@@H]1CCNC1=O)NC(=O)[C@@H](C)C1Cc2ccccc2C1.COC(=O)[C@H](C[C@@H]1CCNC1=O)NC(=O)[C@@H](CC(=O)c1cc2c(OC)cccc2[nH]1)C1Cc2ccccc2C1.COC(=O)[C@H](C[C@@H]1CCNC1=O)NC(=O)[C@@H](N)C1Cc2ccccc2C1.COc1cccc2[nH]c(C(=O)O)cc12.C[C@H](C(=O)O)C1Cc2ccccc2C1.Cl. The van der Waals surface area contributed by atoms with Crippen LogP contribution in [0.4, 0.5) is 0 Å². The molecule has 9 aliphatic rings. The van der Waals surface area contributed by atoms with Gasteiger partial charge in [0, 0.05) is 102 Å². The van der Waals surface area contributed by atoms with E-state index in [1.165, 1.54) is 68.9 Å². The lowest BCUT2D eigenvalue weighted by Crippen LogP contribution is -2.52. The third kappa shape index (κ3) is 30.6. The zero-order valence-electron chi connectivity index (χ0n) is 84.5. The Labute approximate surface area is 855 Å². The topological polar surface area (TPSA) is 532 Å². The third-order valence-electron chi connectivity index (χ3n) is 29.2. The molecule has 0 unspecified atom stereocenters. The molecule has 146 heavy (non-hydrogen) atoms. The Hall–Kier alpha value is -14.0. The van der Waals surface area contributed by atoms with Crippen LogP contribution in [0.5, 0.6) is 11.5 Å². The van der Waals surface area contributed by atoms with Gasteiger partial charge in [-0.05, 0) is 220 Å². The molecule has 786 valence electrons. The number of methoxy groups -OCH3 is 7. The molecule has 14 N–H and O–H groups in total. The minimum absolute atomic E-state index is 0. The van der Waals surface area contributed by atoms with E-state index in [4.69, 9.17) is 39.6 Å². The van der Waals surface area contributed by atoms with E-state index in [1.807, 2.05) is 97.9 Å². The van der Waals surface area contributed by atoms with Crippen molar-refractivity contribution in [3.05, 3.63) is 201 Å². The molecule has 37 heteroatoms. The highest BCUT2D eigenvalue weighted by atomic mass is 35.5. The summed E-state index contributed by atoms with van der Waals surface area (Å²) in [6.45, 7) is 10.5. The number of aromatic carboxylic acids is 1. The molecule has 4 aliphatic carbocycles. The van der Waals surface area contributed by atoms with Gasteiger partial charge in [0.1, 0.15) is 35.3 Å². The Morgan fingerprint density at radius 1 is 0.356 bits per heavy atom. The average molecular weight is 2040 g/mol. The maximum atomic E-state index is 13.8. The van der Waals surface area contributed by atoms with Crippen molar-refractivity contribution >= 4 is 129 Å². The molecule has 2 aromatic heterocycles. The number of carboxylic acid groups (broad SMARTS) is 2. The number of hydrogen-bond donors (Lipinski definition) is 13. The van der Waals surface area contributed by atoms with Crippen LogP contribution in [0, 0.1) is 82.9 Å². The van der Waals surface area contributed by atoms with Crippen LogP contribution in [0.3, 0.4) is 0 Å². The van der Waals surface area contributed by atoms with E-state index in [2.05, 4.69) is 98.4 Å². The summed E-state index contributed by atoms with van der Waals surface area (Å²) in [5, 5.41) is 41.4. The number of benzene rings is 6. The summed E-state index contributed by atoms with van der Waals surface area (Å²) >= 11 is 0. The number of aromatic nitrogens is 2. The molecule has 0 bridgehead atoms. The summed E-state index contributed by atoms with van der Waals surface area (Å²) in [5.74, 6) is -5.79. The smallest absolute Gasteiger partial charge is 0.352 e. The first-order valence-corrected chi connectivity index (χ1v) is 49.6. The lowest BCUT2D eigenvalue weighted by molar-refractivity contribution is -0.147. The number of carboxylic acids is 2. The maximum absolute atomic E-state index is 13.8. The van der Waals surface area contributed by atoms with Gasteiger partial charge in [0.15, 0.2) is 5.78 Å². The first kappa shape index (κ1) is 114. The third-order valence-corrected chi connectivity index (χ3v) is 29.2. The van der Waals surface area contributed by atoms with E-state index >= 15 is 0 Å². The van der Waals surface area contributed by atoms with Gasteiger partial charge in [-0.2, -0.15) is 0 Å². The minimum atomic E-state index is -0.977. The monoisotopic (exact) mass is 2040 g/mol. The van der Waals surface area contributed by atoms with E-state index in [-0.39, 0.29) is 186 Å². The molecule has 0 spiro atoms. The van der Waals surface area contributed by atoms with Crippen molar-refractivity contribution in [1.82, 2.24) is 52.5 Å². The number of ether oxygens (including phenoxy) is 7. The Morgan fingerprint density at radius 2 is 0.644 bits per heavy atom. The second-order valence-corrected chi connectivity index (χ2v) is 38.6. The van der Waals surface area contributed by atoms with Crippen LogP contribution in [0.2, 0.25) is 0 Å². The number of hydrogen-bond acceptors (Lipinski definition) is 24. The molecule has 5 aliphatic heterocycles. The van der Waals surface area contributed by atoms with Crippen molar-refractivity contribution in [3.63, 3.8) is 0 Å². The predicted octanol–water partition coefficient (Wildman–Crippen LogP) is 9.16. The molecule has 17 rings (SSSR count). The van der Waals surface area contributed by atoms with Crippen molar-refractivity contribution in [2.24, 2.45) is 88.6 Å². The van der Waals surface area contributed by atoms with E-state index in [1.54, 1.807) is 53.2 Å². The summed E-state index contributed by atoms with van der Waals surface area (Å²) in [6, 6.07) is 43.5. The summed E-state index contributed by atoms with van der Waals surface area (Å²) < 4.78 is 34.3. The van der Waals surface area contributed by atoms with Gasteiger partial charge >= 0.3 is 41.8 Å². The number of carbonyl (C=O) groups is 16. The Bertz CT molecular complexity index is 5690. The van der Waals surface area contributed by atoms with Crippen molar-refractivity contribution in [2.75, 3.05) is 82.5 Å². The van der Waals surface area contributed by atoms with Crippen molar-refractivity contribution in [3.8, 4) is 11.5 Å². The van der Waals surface area contributed by atoms with Gasteiger partial charge in [0.2, 0.25) is 47.3 Å². The van der Waals surface area contributed by atoms with Gasteiger partial charge in [-0.15, -0.1) is 12.4 Å². The zero-order valence-corrected chi connectivity index (χ0v) is 85.3. The van der Waals surface area contributed by atoms with E-state index in [0.717, 1.165) is 97.4 Å². The molecule has 7 heterocycles. The van der Waals surface area contributed by atoms with Crippen molar-refractivity contribution < 1.29 is 120 Å². The Morgan fingerprint density at radius 3 is 0.945 bits per heavy atom. The van der Waals surface area contributed by atoms with Gasteiger partial charge in [0.25, 0.3) is 0 Å². The molecular weight excluding hydrogens is 1900 g/mol. The molecule has 14 atom stereocenters. The highest BCUT2D eigenvalue weighted by Gasteiger charge is 2.43. The Balaban J connectivity index is 0.000000182. The van der Waals surface area contributed by atoms with Crippen LogP contribution in [0.1, 0.15) is 164 Å². The molecule has 6 aromatic carbocycles. The summed E-state index contributed by atoms with van der Waals surface area (Å²) in [7, 11) is 9.70. The number of esters is 5. The number of aromatic amines is 2. The first-order valence-electron chi connectivity index (χ1n) is 49.6. The molecule has 5 saturated heterocycles. The fourth-order valence-corrected chi connectivity index (χ4v) is 20.5. The number of nitrogens with two attached hydrogens (primary N) is 1. The predicted molar refractivity (Wildman–Crippen MR) is 543 cm³/mol. The second kappa shape index (κ2) is 54.8. The largest absolute Gasteiger partial charge is 0.496 e. The lowest BCUT2D eigenvalue weighted by atomic mass is 9.84. The number of aliphatic carboxylic acids is 1. The average Bonchev–Trinajstić information content (AvgIpc) is 1.66. The molecule has 0 radical (unpaired) electrons. The fourth-order valence-electron chi connectivity index (χ4n) is 20.5. The van der Waals surface area contributed by atoms with Gasteiger partial charge in [0.05, 0.1) is 79.3 Å². The lowest BCUT2D eigenvalue weighted by Gasteiger charge is -2.25. The van der Waals surface area contributed by atoms with E-state index in [0.29, 0.717) is 81.8 Å². The van der Waals surface area contributed by atoms with Crippen LogP contribution in [-0.4, -0.2) is 222 Å². The first-order chi connectivity index (χ1) is 69.5. The summed E-state index contributed by atoms with van der Waals surface area (Å²) in [5.41, 5.74) is 18.3. The number of ketones is 1. The second-order valence-electron chi connectivity index (χ2n) is 38.6. The molecule has 5 fully saturated rings. The van der Waals surface area contributed by atoms with Gasteiger partial charge in [-0.3, -0.25) is 57.5 Å². The van der Waals surface area contributed by atoms with Crippen LogP contribution in [-0.2, 0) is 142 Å². The van der Waals surface area contributed by atoms with Crippen LogP contribution in [0.25, 0.3) is 21.8 Å². The van der Waals surface area contributed by atoms with Gasteiger partial charge in [-0.25, -0.2) is 19.2 Å². The Kier molecular flexibility index (Phi) is 42.7. The van der Waals surface area contributed by atoms with E-state index in [9.17, 15) is 76.7 Å². The maximum Gasteiger partial charge on any atom is 0.352 e. The fraction of sp³-hybridized carbons (Fsp3) is 0.486. The number of fused-ring (bicyclic) bond motifs is 6.